The van der Waals surface area contributed by atoms with Crippen LogP contribution in [0.3, 0.4) is 0 Å². The maximum atomic E-state index is 9.71. The Balaban J connectivity index is 2.45. The molecule has 6 heteroatoms. The first-order valence-corrected chi connectivity index (χ1v) is 5.43. The van der Waals surface area contributed by atoms with Gasteiger partial charge in [-0.2, -0.15) is 0 Å². The Bertz CT molecular complexity index is 288. The first-order valence-electron chi connectivity index (χ1n) is 4.45. The van der Waals surface area contributed by atoms with E-state index in [2.05, 4.69) is 10.2 Å². The SMILES string of the molecule is CCC(C)(O)CSc1nnc(CN)o1. The van der Waals surface area contributed by atoms with E-state index >= 15 is 0 Å². The van der Waals surface area contributed by atoms with Crippen molar-refractivity contribution in [2.75, 3.05) is 5.75 Å². The van der Waals surface area contributed by atoms with Crippen molar-refractivity contribution in [3.05, 3.63) is 5.89 Å². The van der Waals surface area contributed by atoms with Crippen LogP contribution in [0.1, 0.15) is 26.2 Å². The van der Waals surface area contributed by atoms with Gasteiger partial charge in [0.2, 0.25) is 5.89 Å². The van der Waals surface area contributed by atoms with Gasteiger partial charge in [-0.1, -0.05) is 18.7 Å². The molecule has 5 nitrogen and oxygen atoms in total. The second-order valence-electron chi connectivity index (χ2n) is 3.31. The number of hydrogen-bond acceptors (Lipinski definition) is 6. The molecule has 1 atom stereocenters. The zero-order valence-corrected chi connectivity index (χ0v) is 9.17. The molecule has 0 aromatic carbocycles. The number of nitrogens with zero attached hydrogens (tertiary/aromatic N) is 2. The summed E-state index contributed by atoms with van der Waals surface area (Å²) in [5.74, 6) is 0.957. The molecule has 1 aromatic rings. The smallest absolute Gasteiger partial charge is 0.276 e. The molecule has 1 unspecified atom stereocenters. The van der Waals surface area contributed by atoms with E-state index in [1.807, 2.05) is 6.92 Å². The van der Waals surface area contributed by atoms with Crippen molar-refractivity contribution < 1.29 is 9.52 Å². The molecule has 80 valence electrons. The fourth-order valence-electron chi connectivity index (χ4n) is 0.698. The normalized spacial score (nSPS) is 15.4. The molecule has 1 aromatic heterocycles. The van der Waals surface area contributed by atoms with Crippen molar-refractivity contribution in [3.63, 3.8) is 0 Å². The fraction of sp³-hybridized carbons (Fsp3) is 0.750. The average Bonchev–Trinajstić information content (AvgIpc) is 2.63. The Hall–Kier alpha value is -0.590. The number of aromatic nitrogens is 2. The first kappa shape index (κ1) is 11.5. The number of hydrogen-bond donors (Lipinski definition) is 2. The quantitative estimate of drug-likeness (QED) is 0.709. The van der Waals surface area contributed by atoms with Crippen LogP contribution in [0.2, 0.25) is 0 Å². The lowest BCUT2D eigenvalue weighted by molar-refractivity contribution is 0.0813. The third kappa shape index (κ3) is 3.28. The Morgan fingerprint density at radius 2 is 2.29 bits per heavy atom. The molecule has 14 heavy (non-hydrogen) atoms. The van der Waals surface area contributed by atoms with E-state index in [9.17, 15) is 5.11 Å². The van der Waals surface area contributed by atoms with Gasteiger partial charge in [-0.15, -0.1) is 10.2 Å². The van der Waals surface area contributed by atoms with Crippen molar-refractivity contribution in [3.8, 4) is 0 Å². The molecule has 0 aliphatic carbocycles. The maximum absolute atomic E-state index is 9.71. The number of thioether (sulfide) groups is 1. The van der Waals surface area contributed by atoms with Crippen LogP contribution in [-0.4, -0.2) is 26.7 Å². The standard InChI is InChI=1S/C8H15N3O2S/c1-3-8(2,12)5-14-7-11-10-6(4-9)13-7/h12H,3-5,9H2,1-2H3. The molecule has 0 aliphatic rings. The highest BCUT2D eigenvalue weighted by Crippen LogP contribution is 2.22. The van der Waals surface area contributed by atoms with E-state index in [0.29, 0.717) is 23.3 Å². The largest absolute Gasteiger partial charge is 0.415 e. The van der Waals surface area contributed by atoms with Gasteiger partial charge in [0.1, 0.15) is 0 Å². The van der Waals surface area contributed by atoms with E-state index < -0.39 is 5.60 Å². The molecule has 3 N–H and O–H groups in total. The van der Waals surface area contributed by atoms with Gasteiger partial charge in [-0.25, -0.2) is 0 Å². The Morgan fingerprint density at radius 3 is 2.79 bits per heavy atom. The molecule has 0 radical (unpaired) electrons. The van der Waals surface area contributed by atoms with Crippen molar-refractivity contribution in [2.45, 2.75) is 37.6 Å². The predicted octanol–water partition coefficient (Wildman–Crippen LogP) is 0.781. The maximum Gasteiger partial charge on any atom is 0.276 e. The van der Waals surface area contributed by atoms with Crippen molar-refractivity contribution in [2.24, 2.45) is 5.73 Å². The van der Waals surface area contributed by atoms with Gasteiger partial charge >= 0.3 is 0 Å². The summed E-state index contributed by atoms with van der Waals surface area (Å²) in [6.45, 7) is 3.96. The summed E-state index contributed by atoms with van der Waals surface area (Å²) in [5, 5.41) is 17.7. The van der Waals surface area contributed by atoms with Crippen LogP contribution >= 0.6 is 11.8 Å². The highest BCUT2D eigenvalue weighted by Gasteiger charge is 2.19. The summed E-state index contributed by atoms with van der Waals surface area (Å²) in [7, 11) is 0. The second kappa shape index (κ2) is 4.77. The van der Waals surface area contributed by atoms with Crippen LogP contribution in [0.4, 0.5) is 0 Å². The van der Waals surface area contributed by atoms with Crippen LogP contribution < -0.4 is 5.73 Å². The number of rotatable bonds is 5. The van der Waals surface area contributed by atoms with Gasteiger partial charge in [-0.3, -0.25) is 0 Å². The van der Waals surface area contributed by atoms with Crippen LogP contribution in [0, 0.1) is 0 Å². The van der Waals surface area contributed by atoms with Gasteiger partial charge in [0.15, 0.2) is 0 Å². The fourth-order valence-corrected chi connectivity index (χ4v) is 1.59. The topological polar surface area (TPSA) is 85.2 Å². The molecular weight excluding hydrogens is 202 g/mol. The molecule has 0 amide bonds. The molecule has 0 saturated carbocycles. The molecule has 1 rings (SSSR count). The Kier molecular flexibility index (Phi) is 3.91. The minimum Gasteiger partial charge on any atom is -0.415 e. The van der Waals surface area contributed by atoms with Gasteiger partial charge < -0.3 is 15.3 Å². The number of nitrogens with two attached hydrogens (primary N) is 1. The summed E-state index contributed by atoms with van der Waals surface area (Å²) >= 11 is 1.34. The highest BCUT2D eigenvalue weighted by atomic mass is 32.2. The predicted molar refractivity (Wildman–Crippen MR) is 53.8 cm³/mol. The van der Waals surface area contributed by atoms with Crippen LogP contribution in [0.15, 0.2) is 9.64 Å². The first-order chi connectivity index (χ1) is 6.57. The van der Waals surface area contributed by atoms with E-state index in [0.717, 1.165) is 0 Å². The van der Waals surface area contributed by atoms with E-state index in [-0.39, 0.29) is 6.54 Å². The summed E-state index contributed by atoms with van der Waals surface area (Å²) < 4.78 is 5.18. The number of aliphatic hydroxyl groups is 1. The minimum atomic E-state index is -0.692. The molecule has 0 spiro atoms. The Morgan fingerprint density at radius 1 is 1.57 bits per heavy atom. The zero-order chi connectivity index (χ0) is 10.6. The van der Waals surface area contributed by atoms with Crippen molar-refractivity contribution >= 4 is 11.8 Å². The summed E-state index contributed by atoms with van der Waals surface area (Å²) in [5.41, 5.74) is 4.62. The van der Waals surface area contributed by atoms with Crippen LogP contribution in [0.25, 0.3) is 0 Å². The van der Waals surface area contributed by atoms with Gasteiger partial charge in [0.05, 0.1) is 12.1 Å². The summed E-state index contributed by atoms with van der Waals surface area (Å²) in [6, 6.07) is 0. The van der Waals surface area contributed by atoms with E-state index in [1.165, 1.54) is 11.8 Å². The summed E-state index contributed by atoms with van der Waals surface area (Å²) in [6.07, 6.45) is 0.692. The Labute approximate surface area is 87.1 Å². The highest BCUT2D eigenvalue weighted by molar-refractivity contribution is 7.99. The van der Waals surface area contributed by atoms with Gasteiger partial charge in [-0.05, 0) is 13.3 Å². The molecule has 0 saturated heterocycles. The molecule has 0 aliphatic heterocycles. The van der Waals surface area contributed by atoms with Gasteiger partial charge in [0, 0.05) is 5.75 Å². The van der Waals surface area contributed by atoms with Crippen LogP contribution in [-0.2, 0) is 6.54 Å². The van der Waals surface area contributed by atoms with Crippen molar-refractivity contribution in [1.82, 2.24) is 10.2 Å². The lowest BCUT2D eigenvalue weighted by Gasteiger charge is -2.18. The van der Waals surface area contributed by atoms with Crippen molar-refractivity contribution in [1.29, 1.82) is 0 Å². The second-order valence-corrected chi connectivity index (χ2v) is 4.23. The monoisotopic (exact) mass is 217 g/mol. The molecule has 0 bridgehead atoms. The van der Waals surface area contributed by atoms with Crippen LogP contribution in [0.5, 0.6) is 0 Å². The zero-order valence-electron chi connectivity index (χ0n) is 8.36. The lowest BCUT2D eigenvalue weighted by atomic mass is 10.1. The lowest BCUT2D eigenvalue weighted by Crippen LogP contribution is -2.25. The minimum absolute atomic E-state index is 0.248. The molecular formula is C8H15N3O2S. The third-order valence-corrected chi connectivity index (χ3v) is 3.07. The average molecular weight is 217 g/mol. The summed E-state index contributed by atoms with van der Waals surface area (Å²) in [4.78, 5) is 0. The van der Waals surface area contributed by atoms with E-state index in [1.54, 1.807) is 6.92 Å². The third-order valence-electron chi connectivity index (χ3n) is 1.89. The molecule has 1 heterocycles. The van der Waals surface area contributed by atoms with E-state index in [4.69, 9.17) is 10.2 Å². The molecule has 0 fully saturated rings. The van der Waals surface area contributed by atoms with Gasteiger partial charge in [0.25, 0.3) is 5.22 Å².